The minimum Gasteiger partial charge on any atom is -0.466 e. The Morgan fingerprint density at radius 1 is 1.22 bits per heavy atom. The summed E-state index contributed by atoms with van der Waals surface area (Å²) < 4.78 is 4.88. The molecule has 0 saturated carbocycles. The Morgan fingerprint density at radius 3 is 2.61 bits per heavy atom. The molecule has 0 aliphatic carbocycles. The van der Waals surface area contributed by atoms with Crippen LogP contribution in [0.4, 0.5) is 0 Å². The van der Waals surface area contributed by atoms with Crippen molar-refractivity contribution in [3.8, 4) is 0 Å². The second-order valence-electron chi connectivity index (χ2n) is 4.41. The number of hydrogen-bond acceptors (Lipinski definition) is 4. The molecular weight excluding hydrogens is 246 g/mol. The second kappa shape index (κ2) is 10.1. The van der Waals surface area contributed by atoms with Crippen LogP contribution in [0.15, 0.2) is 10.9 Å². The lowest BCUT2D eigenvalue weighted by Gasteiger charge is -2.02. The molecular formula is C14H23NO2S. The first-order valence-corrected chi connectivity index (χ1v) is 7.80. The Bertz CT molecular complexity index is 312. The van der Waals surface area contributed by atoms with Gasteiger partial charge in [0.2, 0.25) is 0 Å². The smallest absolute Gasteiger partial charge is 0.305 e. The van der Waals surface area contributed by atoms with Crippen molar-refractivity contribution in [1.82, 2.24) is 4.98 Å². The van der Waals surface area contributed by atoms with Gasteiger partial charge in [0, 0.05) is 11.8 Å². The zero-order valence-corrected chi connectivity index (χ0v) is 12.0. The van der Waals surface area contributed by atoms with Crippen LogP contribution in [0.5, 0.6) is 0 Å². The second-order valence-corrected chi connectivity index (χ2v) is 5.12. The van der Waals surface area contributed by atoms with Crippen LogP contribution in [0.25, 0.3) is 0 Å². The molecule has 0 bridgehead atoms. The highest BCUT2D eigenvalue weighted by atomic mass is 32.1. The van der Waals surface area contributed by atoms with Gasteiger partial charge in [0.15, 0.2) is 0 Å². The molecule has 0 fully saturated rings. The molecule has 0 aliphatic heterocycles. The van der Waals surface area contributed by atoms with Gasteiger partial charge >= 0.3 is 5.97 Å². The Kier molecular flexibility index (Phi) is 8.47. The highest BCUT2D eigenvalue weighted by molar-refractivity contribution is 7.07. The zero-order valence-electron chi connectivity index (χ0n) is 11.2. The number of thiazole rings is 1. The molecule has 4 heteroatoms. The summed E-state index contributed by atoms with van der Waals surface area (Å²) in [6.45, 7) is 2.34. The largest absolute Gasteiger partial charge is 0.466 e. The normalized spacial score (nSPS) is 10.5. The minimum absolute atomic E-state index is 0.0546. The average Bonchev–Trinajstić information content (AvgIpc) is 2.86. The molecule has 3 nitrogen and oxygen atoms in total. The number of hydrogen-bond donors (Lipinski definition) is 0. The summed E-state index contributed by atoms with van der Waals surface area (Å²) in [6.07, 6.45) is 8.74. The van der Waals surface area contributed by atoms with E-state index in [-0.39, 0.29) is 5.97 Å². The number of nitrogens with zero attached hydrogens (tertiary/aromatic N) is 1. The van der Waals surface area contributed by atoms with Crippen molar-refractivity contribution in [2.45, 2.75) is 58.3 Å². The van der Waals surface area contributed by atoms with E-state index < -0.39 is 0 Å². The van der Waals surface area contributed by atoms with Crippen LogP contribution in [-0.4, -0.2) is 17.6 Å². The molecule has 0 N–H and O–H groups in total. The molecule has 102 valence electrons. The number of unbranched alkanes of at least 4 members (excludes halogenated alkanes) is 5. The fourth-order valence-electron chi connectivity index (χ4n) is 1.88. The Labute approximate surface area is 114 Å². The van der Waals surface area contributed by atoms with Crippen LogP contribution < -0.4 is 0 Å². The van der Waals surface area contributed by atoms with Gasteiger partial charge in [-0.15, -0.1) is 11.3 Å². The molecule has 0 spiro atoms. The maximum absolute atomic E-state index is 11.1. The first-order valence-electron chi connectivity index (χ1n) is 6.85. The SMILES string of the molecule is CCOC(=O)CCCCCCCCc1cscn1. The van der Waals surface area contributed by atoms with E-state index in [1.165, 1.54) is 31.4 Å². The maximum atomic E-state index is 11.1. The standard InChI is InChI=1S/C14H23NO2S/c1-2-17-14(16)10-8-6-4-3-5-7-9-13-11-18-12-15-13/h11-12H,2-10H2,1H3. The number of rotatable bonds is 10. The van der Waals surface area contributed by atoms with Gasteiger partial charge in [-0.3, -0.25) is 4.79 Å². The molecule has 0 amide bonds. The fraction of sp³-hybridized carbons (Fsp3) is 0.714. The van der Waals surface area contributed by atoms with Crippen LogP contribution >= 0.6 is 11.3 Å². The summed E-state index contributed by atoms with van der Waals surface area (Å²) in [7, 11) is 0. The highest BCUT2D eigenvalue weighted by Crippen LogP contribution is 2.11. The van der Waals surface area contributed by atoms with Crippen molar-refractivity contribution >= 4 is 17.3 Å². The van der Waals surface area contributed by atoms with Crippen molar-refractivity contribution in [1.29, 1.82) is 0 Å². The number of aromatic nitrogens is 1. The summed E-state index contributed by atoms with van der Waals surface area (Å²) in [5.41, 5.74) is 3.12. The fourth-order valence-corrected chi connectivity index (χ4v) is 2.47. The first kappa shape index (κ1) is 15.2. The van der Waals surface area contributed by atoms with E-state index in [9.17, 15) is 4.79 Å². The maximum Gasteiger partial charge on any atom is 0.305 e. The molecule has 1 aromatic rings. The average molecular weight is 269 g/mol. The van der Waals surface area contributed by atoms with E-state index in [1.807, 2.05) is 12.4 Å². The van der Waals surface area contributed by atoms with Gasteiger partial charge in [0.1, 0.15) is 0 Å². The lowest BCUT2D eigenvalue weighted by atomic mass is 10.1. The summed E-state index contributed by atoms with van der Waals surface area (Å²) >= 11 is 1.67. The van der Waals surface area contributed by atoms with Crippen LogP contribution in [0.1, 0.15) is 57.6 Å². The van der Waals surface area contributed by atoms with E-state index >= 15 is 0 Å². The highest BCUT2D eigenvalue weighted by Gasteiger charge is 2.00. The van der Waals surface area contributed by atoms with Gasteiger partial charge in [0.25, 0.3) is 0 Å². The predicted molar refractivity (Wildman–Crippen MR) is 74.8 cm³/mol. The summed E-state index contributed by atoms with van der Waals surface area (Å²) in [6, 6.07) is 0. The topological polar surface area (TPSA) is 39.2 Å². The van der Waals surface area contributed by atoms with E-state index in [0.29, 0.717) is 13.0 Å². The van der Waals surface area contributed by atoms with Crippen LogP contribution in [0.3, 0.4) is 0 Å². The molecule has 0 unspecified atom stereocenters. The molecule has 1 rings (SSSR count). The number of ether oxygens (including phenoxy) is 1. The number of carbonyl (C=O) groups excluding carboxylic acids is 1. The molecule has 18 heavy (non-hydrogen) atoms. The van der Waals surface area contributed by atoms with Gasteiger partial charge in [0.05, 0.1) is 17.8 Å². The van der Waals surface area contributed by atoms with E-state index in [2.05, 4.69) is 10.4 Å². The molecule has 0 saturated heterocycles. The lowest BCUT2D eigenvalue weighted by molar-refractivity contribution is -0.143. The van der Waals surface area contributed by atoms with Crippen LogP contribution in [0.2, 0.25) is 0 Å². The van der Waals surface area contributed by atoms with E-state index in [1.54, 1.807) is 11.3 Å². The van der Waals surface area contributed by atoms with Gasteiger partial charge in [-0.25, -0.2) is 4.98 Å². The van der Waals surface area contributed by atoms with Crippen LogP contribution in [0, 0.1) is 0 Å². The van der Waals surface area contributed by atoms with Gasteiger partial charge in [-0.2, -0.15) is 0 Å². The molecule has 1 aromatic heterocycles. The minimum atomic E-state index is -0.0546. The monoisotopic (exact) mass is 269 g/mol. The Hall–Kier alpha value is -0.900. The zero-order chi connectivity index (χ0) is 13.1. The van der Waals surface area contributed by atoms with Crippen molar-refractivity contribution in [2.24, 2.45) is 0 Å². The molecule has 0 aliphatic rings. The predicted octanol–water partition coefficient (Wildman–Crippen LogP) is 3.98. The molecule has 1 heterocycles. The summed E-state index contributed by atoms with van der Waals surface area (Å²) in [5.74, 6) is -0.0546. The third-order valence-electron chi connectivity index (χ3n) is 2.85. The van der Waals surface area contributed by atoms with Crippen molar-refractivity contribution in [3.63, 3.8) is 0 Å². The molecule has 0 aromatic carbocycles. The number of esters is 1. The van der Waals surface area contributed by atoms with Crippen molar-refractivity contribution in [2.75, 3.05) is 6.61 Å². The lowest BCUT2D eigenvalue weighted by Crippen LogP contribution is -2.03. The summed E-state index contributed by atoms with van der Waals surface area (Å²) in [4.78, 5) is 15.3. The van der Waals surface area contributed by atoms with Gasteiger partial charge in [-0.05, 0) is 26.2 Å². The molecule has 0 radical (unpaired) electrons. The van der Waals surface area contributed by atoms with Crippen molar-refractivity contribution < 1.29 is 9.53 Å². The van der Waals surface area contributed by atoms with Gasteiger partial charge in [-0.1, -0.05) is 25.7 Å². The van der Waals surface area contributed by atoms with E-state index in [4.69, 9.17) is 4.74 Å². The van der Waals surface area contributed by atoms with Crippen LogP contribution in [-0.2, 0) is 16.0 Å². The van der Waals surface area contributed by atoms with E-state index in [0.717, 1.165) is 19.3 Å². The third-order valence-corrected chi connectivity index (χ3v) is 3.49. The first-order chi connectivity index (χ1) is 8.83. The summed E-state index contributed by atoms with van der Waals surface area (Å²) in [5, 5.41) is 2.12. The molecule has 0 atom stereocenters. The van der Waals surface area contributed by atoms with Crippen molar-refractivity contribution in [3.05, 3.63) is 16.6 Å². The number of carbonyl (C=O) groups is 1. The third kappa shape index (κ3) is 7.43. The Morgan fingerprint density at radius 2 is 1.94 bits per heavy atom. The Balaban J connectivity index is 1.83. The quantitative estimate of drug-likeness (QED) is 0.476. The van der Waals surface area contributed by atoms with Gasteiger partial charge < -0.3 is 4.74 Å². The number of aryl methyl sites for hydroxylation is 1.